The number of halogens is 4. The summed E-state index contributed by atoms with van der Waals surface area (Å²) in [5, 5.41) is 2.09. The van der Waals surface area contributed by atoms with Gasteiger partial charge in [0.15, 0.2) is 0 Å². The van der Waals surface area contributed by atoms with E-state index >= 15 is 0 Å². The van der Waals surface area contributed by atoms with Gasteiger partial charge in [-0.1, -0.05) is 121 Å². The van der Waals surface area contributed by atoms with Crippen LogP contribution in [0.2, 0.25) is 5.02 Å². The zero-order chi connectivity index (χ0) is 35.2. The number of aromatic amines is 1. The van der Waals surface area contributed by atoms with Crippen LogP contribution in [0.5, 0.6) is 0 Å². The molecule has 0 aliphatic carbocycles. The number of fused-ring (bicyclic) bond motifs is 1. The average molecular weight is 649 g/mol. The highest BCUT2D eigenvalue weighted by Crippen LogP contribution is 2.34. The molecular weight excluding hydrogens is 589 g/mol. The molecule has 1 N–H and O–H groups in total. The molecule has 0 unspecified atom stereocenters. The normalized spacial score (nSPS) is 11.9. The first-order valence-electron chi connectivity index (χ1n) is 16.6. The Morgan fingerprint density at radius 1 is 0.978 bits per heavy atom. The molecule has 1 heterocycles. The molecule has 0 radical (unpaired) electrons. The minimum absolute atomic E-state index is 0.355. The van der Waals surface area contributed by atoms with Gasteiger partial charge in [-0.3, -0.25) is 4.99 Å². The molecule has 2 aromatic carbocycles. The van der Waals surface area contributed by atoms with E-state index in [1.165, 1.54) is 58.6 Å². The lowest BCUT2D eigenvalue weighted by atomic mass is 9.92. The summed E-state index contributed by atoms with van der Waals surface area (Å²) in [5.41, 5.74) is 7.57. The highest BCUT2D eigenvalue weighted by molar-refractivity contribution is 6.31. The third-order valence-electron chi connectivity index (χ3n) is 6.78. The number of aromatic nitrogens is 1. The highest BCUT2D eigenvalue weighted by atomic mass is 35.5. The zero-order valence-corrected chi connectivity index (χ0v) is 30.9. The fourth-order valence-corrected chi connectivity index (χ4v) is 4.34. The number of nitrogens with zero attached hydrogens (tertiary/aromatic N) is 1. The van der Waals surface area contributed by atoms with Gasteiger partial charge in [0.25, 0.3) is 0 Å². The van der Waals surface area contributed by atoms with E-state index in [1.54, 1.807) is 6.92 Å². The first-order chi connectivity index (χ1) is 21.3. The van der Waals surface area contributed by atoms with E-state index in [-0.39, 0.29) is 0 Å². The summed E-state index contributed by atoms with van der Waals surface area (Å²) >= 11 is 6.23. The second kappa shape index (κ2) is 24.4. The molecule has 0 spiro atoms. The van der Waals surface area contributed by atoms with Crippen LogP contribution in [0.4, 0.5) is 13.2 Å². The Bertz CT molecular complexity index is 1280. The Hall–Kier alpha value is -2.79. The molecule has 0 amide bonds. The molecule has 0 saturated heterocycles. The van der Waals surface area contributed by atoms with Crippen LogP contribution in [-0.2, 0) is 6.42 Å². The van der Waals surface area contributed by atoms with Crippen LogP contribution in [0.25, 0.3) is 10.9 Å². The largest absolute Gasteiger partial charge is 0.432 e. The monoisotopic (exact) mass is 648 g/mol. The predicted molar refractivity (Wildman–Crippen MR) is 196 cm³/mol. The molecule has 1 aromatic heterocycles. The number of unbranched alkanes of at least 4 members (excludes halogenated alkanes) is 1. The van der Waals surface area contributed by atoms with Crippen molar-refractivity contribution in [3.05, 3.63) is 93.8 Å². The maximum absolute atomic E-state index is 12.1. The van der Waals surface area contributed by atoms with Gasteiger partial charge in [0.05, 0.1) is 0 Å². The molecule has 6 heteroatoms. The van der Waals surface area contributed by atoms with Gasteiger partial charge < -0.3 is 4.98 Å². The molecule has 45 heavy (non-hydrogen) atoms. The van der Waals surface area contributed by atoms with E-state index in [2.05, 4.69) is 80.6 Å². The third-order valence-corrected chi connectivity index (χ3v) is 7.02. The zero-order valence-electron chi connectivity index (χ0n) is 30.1. The van der Waals surface area contributed by atoms with Crippen LogP contribution in [0.3, 0.4) is 0 Å². The maximum atomic E-state index is 12.1. The molecule has 3 rings (SSSR count). The lowest BCUT2D eigenvalue weighted by molar-refractivity contribution is -0.0924. The molecule has 3 aromatic rings. The number of hydrogen-bond donors (Lipinski definition) is 1. The Balaban J connectivity index is 0. The van der Waals surface area contributed by atoms with E-state index in [4.69, 9.17) is 11.6 Å². The number of rotatable bonds is 9. The van der Waals surface area contributed by atoms with Gasteiger partial charge in [-0.05, 0) is 82.7 Å². The van der Waals surface area contributed by atoms with Crippen LogP contribution in [0.15, 0.2) is 71.4 Å². The van der Waals surface area contributed by atoms with Crippen molar-refractivity contribution >= 4 is 28.2 Å². The first kappa shape index (κ1) is 44.3. The van der Waals surface area contributed by atoms with Crippen molar-refractivity contribution in [2.45, 2.75) is 134 Å². The summed E-state index contributed by atoms with van der Waals surface area (Å²) in [5.74, 6) is 0.355. The molecule has 0 bridgehead atoms. The summed E-state index contributed by atoms with van der Waals surface area (Å²) in [7, 11) is 0. The number of allylic oxidation sites excluding steroid dienone is 3. The first-order valence-corrected chi connectivity index (χ1v) is 16.9. The second-order valence-electron chi connectivity index (χ2n) is 10.5. The number of hydrogen-bond acceptors (Lipinski definition) is 1. The lowest BCUT2D eigenvalue weighted by Crippen LogP contribution is -2.11. The number of benzene rings is 2. The molecule has 2 nitrogen and oxygen atoms in total. The molecule has 1 atom stereocenters. The lowest BCUT2D eigenvalue weighted by Gasteiger charge is -2.14. The van der Waals surface area contributed by atoms with Crippen molar-refractivity contribution in [3.8, 4) is 0 Å². The van der Waals surface area contributed by atoms with E-state index in [0.29, 0.717) is 18.1 Å². The second-order valence-corrected chi connectivity index (χ2v) is 11.0. The molecule has 0 fully saturated rings. The summed E-state index contributed by atoms with van der Waals surface area (Å²) in [6.45, 7) is 27.3. The number of nitrogens with one attached hydrogen (secondary N) is 1. The van der Waals surface area contributed by atoms with Crippen LogP contribution < -0.4 is 0 Å². The van der Waals surface area contributed by atoms with Crippen molar-refractivity contribution in [3.63, 3.8) is 0 Å². The number of H-pyrrole nitrogens is 1. The fourth-order valence-electron chi connectivity index (χ4n) is 4.17. The Kier molecular flexibility index (Phi) is 24.1. The van der Waals surface area contributed by atoms with Gasteiger partial charge in [-0.15, -0.1) is 6.58 Å². The Labute approximate surface area is 278 Å². The maximum Gasteiger partial charge on any atom is 0.432 e. The van der Waals surface area contributed by atoms with Crippen LogP contribution in [0.1, 0.15) is 137 Å². The van der Waals surface area contributed by atoms with Crippen LogP contribution >= 0.6 is 11.6 Å². The smallest absolute Gasteiger partial charge is 0.358 e. The summed E-state index contributed by atoms with van der Waals surface area (Å²) < 4.78 is 36.4. The third kappa shape index (κ3) is 16.9. The summed E-state index contributed by atoms with van der Waals surface area (Å²) in [6.07, 6.45) is 2.68. The topological polar surface area (TPSA) is 28.1 Å². The van der Waals surface area contributed by atoms with Crippen molar-refractivity contribution < 1.29 is 13.2 Å². The Morgan fingerprint density at radius 2 is 1.53 bits per heavy atom. The Morgan fingerprint density at radius 3 is 1.98 bits per heavy atom. The SMILES string of the molecule is C/C=C(\N=C(C)CCC)C(F)(F)F.C=C(C)CC.CC.CC.CCCCc1c([C@@H](C)c2ccc(C)cc2)[nH]c2ccc(Cl)cc12. The summed E-state index contributed by atoms with van der Waals surface area (Å²) in [6, 6.07) is 15.0. The van der Waals surface area contributed by atoms with Gasteiger partial charge in [-0.2, -0.15) is 13.2 Å². The van der Waals surface area contributed by atoms with Gasteiger partial charge in [-0.25, -0.2) is 0 Å². The van der Waals surface area contributed by atoms with Crippen molar-refractivity contribution in [1.82, 2.24) is 4.98 Å². The molecular formula is C39H60ClF3N2. The standard InChI is InChI=1S/C21H24ClN.C9H14F3N.C5H10.2C2H6/c1-4-5-6-18-19-13-17(22)11-12-20(19)23-21(18)15(3)16-9-7-14(2)8-10-16;1-4-6-7(3)13-8(5-2)9(10,11)12;1-4-5(2)3;2*1-2/h7-13,15,23H,4-6H2,1-3H3;5H,4,6H2,1-3H3;2,4H2,1,3H3;2*1-2H3/b;8-5-,13-7?;;;/t15-;;;;/m0..../s1. The van der Waals surface area contributed by atoms with Gasteiger partial charge in [0.2, 0.25) is 0 Å². The van der Waals surface area contributed by atoms with Gasteiger partial charge >= 0.3 is 6.18 Å². The molecule has 254 valence electrons. The number of aliphatic imine (C=N–C) groups is 1. The highest BCUT2D eigenvalue weighted by Gasteiger charge is 2.33. The van der Waals surface area contributed by atoms with Crippen molar-refractivity contribution in [1.29, 1.82) is 0 Å². The minimum Gasteiger partial charge on any atom is -0.358 e. The molecule has 0 aliphatic heterocycles. The number of alkyl halides is 3. The van der Waals surface area contributed by atoms with E-state index in [0.717, 1.165) is 30.4 Å². The molecule has 0 saturated carbocycles. The quantitative estimate of drug-likeness (QED) is 0.177. The minimum atomic E-state index is -4.33. The number of aryl methyl sites for hydroxylation is 2. The van der Waals surface area contributed by atoms with Crippen LogP contribution in [-0.4, -0.2) is 16.9 Å². The van der Waals surface area contributed by atoms with Crippen molar-refractivity contribution in [2.24, 2.45) is 4.99 Å². The van der Waals surface area contributed by atoms with Gasteiger partial charge in [0.1, 0.15) is 5.70 Å². The summed E-state index contributed by atoms with van der Waals surface area (Å²) in [4.78, 5) is 7.16. The van der Waals surface area contributed by atoms with Crippen molar-refractivity contribution in [2.75, 3.05) is 0 Å². The van der Waals surface area contributed by atoms with E-state index < -0.39 is 11.9 Å². The van der Waals surface area contributed by atoms with E-state index in [9.17, 15) is 13.2 Å². The van der Waals surface area contributed by atoms with E-state index in [1.807, 2.05) is 47.6 Å². The van der Waals surface area contributed by atoms with Crippen LogP contribution in [0, 0.1) is 6.92 Å². The fraction of sp³-hybridized carbons (Fsp3) is 0.513. The predicted octanol–water partition coefficient (Wildman–Crippen LogP) is 14.4. The molecule has 0 aliphatic rings. The average Bonchev–Trinajstić information content (AvgIpc) is 3.38. The van der Waals surface area contributed by atoms with Gasteiger partial charge in [0, 0.05) is 33.2 Å².